The second-order valence-corrected chi connectivity index (χ2v) is 3.91. The van der Waals surface area contributed by atoms with E-state index in [9.17, 15) is 4.79 Å². The largest absolute Gasteiger partial charge is 0.477 e. The number of anilines is 1. The lowest BCUT2D eigenvalue weighted by molar-refractivity contribution is 0.0690. The van der Waals surface area contributed by atoms with Crippen molar-refractivity contribution in [3.05, 3.63) is 30.1 Å². The zero-order valence-electron chi connectivity index (χ0n) is 9.39. The summed E-state index contributed by atoms with van der Waals surface area (Å²) in [6.45, 7) is 1.97. The topological polar surface area (TPSA) is 97.0 Å². The molecule has 0 radical (unpaired) electrons. The molecule has 0 amide bonds. The standard InChI is InChI=1S/C10H10N6O2/c17-9(18)7-1-2-11-10(13-7)15-3-4-16-6-12-14-8(16)5-15/h1-2,6H,3-5H2,(H,17,18). The molecule has 0 saturated carbocycles. The first-order chi connectivity index (χ1) is 8.74. The van der Waals surface area contributed by atoms with Crippen LogP contribution in [0.1, 0.15) is 16.3 Å². The van der Waals surface area contributed by atoms with Crippen molar-refractivity contribution < 1.29 is 9.90 Å². The maximum Gasteiger partial charge on any atom is 0.354 e. The Labute approximate surface area is 102 Å². The fourth-order valence-electron chi connectivity index (χ4n) is 1.86. The van der Waals surface area contributed by atoms with Gasteiger partial charge in [0.1, 0.15) is 6.33 Å². The Hall–Kier alpha value is -2.51. The van der Waals surface area contributed by atoms with Crippen molar-refractivity contribution in [2.45, 2.75) is 13.1 Å². The lowest BCUT2D eigenvalue weighted by Crippen LogP contribution is -2.35. The predicted molar refractivity (Wildman–Crippen MR) is 60.1 cm³/mol. The van der Waals surface area contributed by atoms with E-state index in [0.29, 0.717) is 19.0 Å². The van der Waals surface area contributed by atoms with Crippen molar-refractivity contribution in [3.8, 4) is 0 Å². The molecule has 1 aliphatic rings. The van der Waals surface area contributed by atoms with Gasteiger partial charge < -0.3 is 14.6 Å². The second kappa shape index (κ2) is 4.06. The Morgan fingerprint density at radius 1 is 1.39 bits per heavy atom. The molecule has 0 unspecified atom stereocenters. The molecule has 92 valence electrons. The molecule has 1 N–H and O–H groups in total. The molecule has 3 rings (SSSR count). The van der Waals surface area contributed by atoms with Gasteiger partial charge in [-0.3, -0.25) is 0 Å². The van der Waals surface area contributed by atoms with E-state index in [1.807, 2.05) is 9.47 Å². The van der Waals surface area contributed by atoms with Crippen molar-refractivity contribution >= 4 is 11.9 Å². The van der Waals surface area contributed by atoms with Gasteiger partial charge in [-0.25, -0.2) is 14.8 Å². The lowest BCUT2D eigenvalue weighted by atomic mass is 10.3. The van der Waals surface area contributed by atoms with Crippen LogP contribution in [0.2, 0.25) is 0 Å². The van der Waals surface area contributed by atoms with Crippen molar-refractivity contribution in [1.29, 1.82) is 0 Å². The maximum atomic E-state index is 10.9. The van der Waals surface area contributed by atoms with Gasteiger partial charge in [-0.05, 0) is 6.07 Å². The molecule has 1 aliphatic heterocycles. The van der Waals surface area contributed by atoms with E-state index in [0.717, 1.165) is 12.4 Å². The number of rotatable bonds is 2. The Bertz CT molecular complexity index is 596. The highest BCUT2D eigenvalue weighted by Gasteiger charge is 2.20. The predicted octanol–water partition coefficient (Wildman–Crippen LogP) is -0.214. The average Bonchev–Trinajstić information content (AvgIpc) is 2.86. The Morgan fingerprint density at radius 2 is 2.28 bits per heavy atom. The summed E-state index contributed by atoms with van der Waals surface area (Å²) in [6.07, 6.45) is 3.13. The van der Waals surface area contributed by atoms with E-state index in [2.05, 4.69) is 20.2 Å². The molecule has 0 spiro atoms. The van der Waals surface area contributed by atoms with Crippen LogP contribution in [-0.4, -0.2) is 42.4 Å². The van der Waals surface area contributed by atoms with E-state index >= 15 is 0 Å². The minimum atomic E-state index is -1.06. The summed E-state index contributed by atoms with van der Waals surface area (Å²) >= 11 is 0. The number of nitrogens with zero attached hydrogens (tertiary/aromatic N) is 6. The third kappa shape index (κ3) is 1.77. The zero-order chi connectivity index (χ0) is 12.5. The number of fused-ring (bicyclic) bond motifs is 1. The number of carboxylic acid groups (broad SMARTS) is 1. The first-order valence-electron chi connectivity index (χ1n) is 5.42. The summed E-state index contributed by atoms with van der Waals surface area (Å²) in [5.41, 5.74) is -0.00737. The summed E-state index contributed by atoms with van der Waals surface area (Å²) in [6, 6.07) is 1.37. The van der Waals surface area contributed by atoms with Crippen LogP contribution in [0.15, 0.2) is 18.6 Å². The smallest absolute Gasteiger partial charge is 0.354 e. The number of aromatic nitrogens is 5. The molecule has 0 saturated heterocycles. The summed E-state index contributed by atoms with van der Waals surface area (Å²) in [5.74, 6) is 0.175. The minimum Gasteiger partial charge on any atom is -0.477 e. The molecule has 3 heterocycles. The Morgan fingerprint density at radius 3 is 3.11 bits per heavy atom. The van der Waals surface area contributed by atoms with E-state index < -0.39 is 5.97 Å². The highest BCUT2D eigenvalue weighted by atomic mass is 16.4. The van der Waals surface area contributed by atoms with Crippen LogP contribution in [0.3, 0.4) is 0 Å². The first kappa shape index (κ1) is 10.6. The van der Waals surface area contributed by atoms with Crippen LogP contribution < -0.4 is 4.90 Å². The zero-order valence-corrected chi connectivity index (χ0v) is 9.39. The van der Waals surface area contributed by atoms with E-state index in [-0.39, 0.29) is 5.69 Å². The maximum absolute atomic E-state index is 10.9. The number of hydrogen-bond acceptors (Lipinski definition) is 6. The van der Waals surface area contributed by atoms with Crippen molar-refractivity contribution in [1.82, 2.24) is 24.7 Å². The van der Waals surface area contributed by atoms with Gasteiger partial charge in [0.05, 0.1) is 6.54 Å². The van der Waals surface area contributed by atoms with Crippen molar-refractivity contribution in [2.24, 2.45) is 0 Å². The molecule has 8 heteroatoms. The molecule has 8 nitrogen and oxygen atoms in total. The van der Waals surface area contributed by atoms with Crippen LogP contribution in [0.5, 0.6) is 0 Å². The molecule has 2 aromatic rings. The fraction of sp³-hybridized carbons (Fsp3) is 0.300. The molecule has 2 aromatic heterocycles. The van der Waals surface area contributed by atoms with Crippen molar-refractivity contribution in [3.63, 3.8) is 0 Å². The molecular formula is C10H10N6O2. The van der Waals surface area contributed by atoms with E-state index in [1.54, 1.807) is 6.33 Å². The molecule has 18 heavy (non-hydrogen) atoms. The van der Waals surface area contributed by atoms with Gasteiger partial charge in [-0.1, -0.05) is 0 Å². The third-order valence-corrected chi connectivity index (χ3v) is 2.78. The Kier molecular flexibility index (Phi) is 2.40. The van der Waals surface area contributed by atoms with Gasteiger partial charge in [-0.2, -0.15) is 0 Å². The quantitative estimate of drug-likeness (QED) is 0.782. The molecule has 0 aromatic carbocycles. The van der Waals surface area contributed by atoms with Crippen LogP contribution >= 0.6 is 0 Å². The normalized spacial score (nSPS) is 14.3. The minimum absolute atomic E-state index is 0.00737. The van der Waals surface area contributed by atoms with Gasteiger partial charge >= 0.3 is 5.97 Å². The van der Waals surface area contributed by atoms with E-state index in [4.69, 9.17) is 5.11 Å². The van der Waals surface area contributed by atoms with Crippen LogP contribution in [0.4, 0.5) is 5.95 Å². The molecule has 0 fully saturated rings. The first-order valence-corrected chi connectivity index (χ1v) is 5.42. The number of carbonyl (C=O) groups is 1. The average molecular weight is 246 g/mol. The fourth-order valence-corrected chi connectivity index (χ4v) is 1.86. The third-order valence-electron chi connectivity index (χ3n) is 2.78. The number of hydrogen-bond donors (Lipinski definition) is 1. The van der Waals surface area contributed by atoms with Crippen LogP contribution in [-0.2, 0) is 13.1 Å². The lowest BCUT2D eigenvalue weighted by Gasteiger charge is -2.26. The summed E-state index contributed by atoms with van der Waals surface area (Å²) in [5, 5.41) is 16.7. The number of aromatic carboxylic acids is 1. The van der Waals surface area contributed by atoms with Gasteiger partial charge in [0.2, 0.25) is 5.95 Å². The highest BCUT2D eigenvalue weighted by molar-refractivity contribution is 5.85. The SMILES string of the molecule is O=C(O)c1ccnc(N2CCn3cnnc3C2)n1. The van der Waals surface area contributed by atoms with Crippen molar-refractivity contribution in [2.75, 3.05) is 11.4 Å². The summed E-state index contributed by atoms with van der Waals surface area (Å²) in [7, 11) is 0. The van der Waals surface area contributed by atoms with Crippen LogP contribution in [0, 0.1) is 0 Å². The van der Waals surface area contributed by atoms with Gasteiger partial charge in [0.15, 0.2) is 11.5 Å². The highest BCUT2D eigenvalue weighted by Crippen LogP contribution is 2.15. The number of carboxylic acids is 1. The molecule has 0 aliphatic carbocycles. The monoisotopic (exact) mass is 246 g/mol. The molecule has 0 bridgehead atoms. The van der Waals surface area contributed by atoms with Gasteiger partial charge in [0.25, 0.3) is 0 Å². The summed E-state index contributed by atoms with van der Waals surface area (Å²) < 4.78 is 1.96. The summed E-state index contributed by atoms with van der Waals surface area (Å²) in [4.78, 5) is 20.9. The van der Waals surface area contributed by atoms with Crippen LogP contribution in [0.25, 0.3) is 0 Å². The van der Waals surface area contributed by atoms with Gasteiger partial charge in [-0.15, -0.1) is 10.2 Å². The molecular weight excluding hydrogens is 236 g/mol. The van der Waals surface area contributed by atoms with Gasteiger partial charge in [0, 0.05) is 19.3 Å². The Balaban J connectivity index is 1.88. The second-order valence-electron chi connectivity index (χ2n) is 3.91. The molecule has 0 atom stereocenters. The van der Waals surface area contributed by atoms with E-state index in [1.165, 1.54) is 12.3 Å².